The number of carbonyl (C=O) groups is 1. The van der Waals surface area contributed by atoms with Crippen molar-refractivity contribution >= 4 is 29.2 Å². The van der Waals surface area contributed by atoms with E-state index in [0.717, 1.165) is 23.5 Å². The number of amides is 2. The van der Waals surface area contributed by atoms with Gasteiger partial charge >= 0.3 is 12.2 Å². The number of halogens is 5. The number of imidazole rings is 1. The quantitative estimate of drug-likeness (QED) is 0.445. The van der Waals surface area contributed by atoms with Crippen LogP contribution >= 0.6 is 23.2 Å². The van der Waals surface area contributed by atoms with Crippen LogP contribution in [0.15, 0.2) is 49.1 Å². The van der Waals surface area contributed by atoms with Crippen molar-refractivity contribution in [3.8, 4) is 5.88 Å². The number of alkyl halides is 3. The van der Waals surface area contributed by atoms with E-state index in [1.165, 1.54) is 6.07 Å². The molecule has 0 aliphatic carbocycles. The Bertz CT molecular complexity index is 1220. The second-order valence-corrected chi connectivity index (χ2v) is 9.52. The zero-order chi connectivity index (χ0) is 26.0. The summed E-state index contributed by atoms with van der Waals surface area (Å²) in [5, 5.41) is 3.72. The van der Waals surface area contributed by atoms with Gasteiger partial charge in [-0.2, -0.15) is 13.2 Å². The van der Waals surface area contributed by atoms with Crippen LogP contribution in [0.5, 0.6) is 5.88 Å². The zero-order valence-electron chi connectivity index (χ0n) is 19.5. The Kier molecular flexibility index (Phi) is 7.65. The summed E-state index contributed by atoms with van der Waals surface area (Å²) >= 11 is 12.3. The predicted molar refractivity (Wildman–Crippen MR) is 129 cm³/mol. The number of nitrogens with one attached hydrogen (secondary N) is 1. The van der Waals surface area contributed by atoms with E-state index in [2.05, 4.69) is 15.3 Å². The Labute approximate surface area is 216 Å². The smallest absolute Gasteiger partial charge is 0.417 e. The lowest BCUT2D eigenvalue weighted by molar-refractivity contribution is -0.137. The van der Waals surface area contributed by atoms with Crippen molar-refractivity contribution in [1.82, 2.24) is 24.8 Å². The van der Waals surface area contributed by atoms with Crippen molar-refractivity contribution in [3.05, 3.63) is 75.9 Å². The van der Waals surface area contributed by atoms with Gasteiger partial charge in [0.25, 0.3) is 0 Å². The molecule has 3 aromatic rings. The van der Waals surface area contributed by atoms with Crippen LogP contribution in [0.1, 0.15) is 29.7 Å². The van der Waals surface area contributed by atoms with E-state index in [0.29, 0.717) is 29.7 Å². The number of carbonyl (C=O) groups excluding carboxylic acids is 1. The van der Waals surface area contributed by atoms with Crippen LogP contribution in [-0.2, 0) is 19.8 Å². The highest BCUT2D eigenvalue weighted by Crippen LogP contribution is 2.38. The number of pyridine rings is 1. The molecule has 1 aliphatic rings. The maximum atomic E-state index is 13.0. The molecule has 3 heterocycles. The molecular weight excluding hydrogens is 518 g/mol. The van der Waals surface area contributed by atoms with Crippen molar-refractivity contribution in [2.45, 2.75) is 31.7 Å². The second kappa shape index (κ2) is 10.6. The monoisotopic (exact) mass is 541 g/mol. The first kappa shape index (κ1) is 26.1. The van der Waals surface area contributed by atoms with E-state index in [1.54, 1.807) is 29.6 Å². The Morgan fingerprint density at radius 1 is 1.19 bits per heavy atom. The van der Waals surface area contributed by atoms with E-state index >= 15 is 0 Å². The molecule has 1 fully saturated rings. The van der Waals surface area contributed by atoms with E-state index < -0.39 is 17.8 Å². The number of ether oxygens (including phenoxy) is 1. The normalized spacial score (nSPS) is 18.8. The molecule has 1 N–H and O–H groups in total. The Balaban J connectivity index is 1.51. The van der Waals surface area contributed by atoms with E-state index in [9.17, 15) is 18.0 Å². The molecule has 0 unspecified atom stereocenters. The number of benzene rings is 1. The van der Waals surface area contributed by atoms with Gasteiger partial charge in [-0.05, 0) is 30.7 Å². The lowest BCUT2D eigenvalue weighted by Crippen LogP contribution is -2.39. The molecule has 192 valence electrons. The molecule has 0 radical (unpaired) electrons. The molecule has 12 heteroatoms. The van der Waals surface area contributed by atoms with Crippen LogP contribution in [0.25, 0.3) is 0 Å². The fourth-order valence-electron chi connectivity index (χ4n) is 4.29. The van der Waals surface area contributed by atoms with E-state index in [-0.39, 0.29) is 23.7 Å². The average Bonchev–Trinajstić information content (AvgIpc) is 3.45. The van der Waals surface area contributed by atoms with Crippen LogP contribution < -0.4 is 10.1 Å². The first-order valence-electron chi connectivity index (χ1n) is 11.2. The minimum absolute atomic E-state index is 0.0718. The van der Waals surface area contributed by atoms with Gasteiger partial charge in [0.1, 0.15) is 6.10 Å². The van der Waals surface area contributed by atoms with E-state index in [1.807, 2.05) is 24.6 Å². The van der Waals surface area contributed by atoms with Crippen LogP contribution in [0.4, 0.5) is 18.0 Å². The minimum Gasteiger partial charge on any atom is -0.474 e. The number of likely N-dealkylation sites (tertiary alicyclic amines) is 1. The average molecular weight is 542 g/mol. The molecule has 2 amide bonds. The summed E-state index contributed by atoms with van der Waals surface area (Å²) in [7, 11) is 1.84. The van der Waals surface area contributed by atoms with Gasteiger partial charge in [0.05, 0.1) is 34.2 Å². The number of urea groups is 1. The van der Waals surface area contributed by atoms with Gasteiger partial charge in [0.15, 0.2) is 0 Å². The van der Waals surface area contributed by atoms with Crippen molar-refractivity contribution in [3.63, 3.8) is 0 Å². The zero-order valence-corrected chi connectivity index (χ0v) is 21.0. The Hall–Kier alpha value is -2.98. The summed E-state index contributed by atoms with van der Waals surface area (Å²) in [6.07, 6.45) is -0.875. The van der Waals surface area contributed by atoms with E-state index in [4.69, 9.17) is 27.9 Å². The highest BCUT2D eigenvalue weighted by Gasteiger charge is 2.40. The fraction of sp³-hybridized carbons (Fsp3) is 0.375. The molecule has 0 bridgehead atoms. The molecule has 7 nitrogen and oxygen atoms in total. The van der Waals surface area contributed by atoms with Gasteiger partial charge in [-0.1, -0.05) is 29.3 Å². The minimum atomic E-state index is -4.48. The first-order chi connectivity index (χ1) is 17.0. The molecule has 3 atom stereocenters. The number of hydrogen-bond donors (Lipinski definition) is 1. The summed E-state index contributed by atoms with van der Waals surface area (Å²) < 4.78 is 46.4. The molecule has 1 saturated heterocycles. The molecule has 0 saturated carbocycles. The Morgan fingerprint density at radius 3 is 2.58 bits per heavy atom. The predicted octanol–water partition coefficient (Wildman–Crippen LogP) is 5.53. The topological polar surface area (TPSA) is 72.3 Å². The van der Waals surface area contributed by atoms with Gasteiger partial charge in [0.2, 0.25) is 5.88 Å². The molecule has 1 aromatic carbocycles. The fourth-order valence-corrected chi connectivity index (χ4v) is 4.60. The molecule has 4 rings (SSSR count). The lowest BCUT2D eigenvalue weighted by atomic mass is 9.86. The summed E-state index contributed by atoms with van der Waals surface area (Å²) in [5.41, 5.74) is 0.880. The third kappa shape index (κ3) is 5.87. The van der Waals surface area contributed by atoms with Crippen LogP contribution in [-0.4, -0.2) is 44.7 Å². The molecule has 36 heavy (non-hydrogen) atoms. The van der Waals surface area contributed by atoms with Crippen molar-refractivity contribution in [1.29, 1.82) is 0 Å². The number of hydrogen-bond acceptors (Lipinski definition) is 4. The largest absolute Gasteiger partial charge is 0.474 e. The van der Waals surface area contributed by atoms with Crippen LogP contribution in [0, 0.1) is 5.92 Å². The van der Waals surface area contributed by atoms with Crippen molar-refractivity contribution < 1.29 is 22.7 Å². The number of aromatic nitrogens is 3. The first-order valence-corrected chi connectivity index (χ1v) is 11.9. The van der Waals surface area contributed by atoms with Crippen molar-refractivity contribution in [2.24, 2.45) is 13.0 Å². The standard InChI is InChI=1S/C24H24Cl2F3N5O2/c1-14(36-22-6-4-16(8-31-22)24(27,28)29)18-11-34(23(35)32-10-17-9-30-13-33(17)2)12-19(18)15-3-5-20(25)21(26)7-15/h3-9,13-14,18-19H,10-12H2,1-2H3,(H,32,35)/t14-,18+,19+/m0/s1. The highest BCUT2D eigenvalue weighted by molar-refractivity contribution is 6.42. The summed E-state index contributed by atoms with van der Waals surface area (Å²) in [6.45, 7) is 2.89. The lowest BCUT2D eigenvalue weighted by Gasteiger charge is -2.25. The van der Waals surface area contributed by atoms with Crippen molar-refractivity contribution in [2.75, 3.05) is 13.1 Å². The van der Waals surface area contributed by atoms with Gasteiger partial charge in [-0.25, -0.2) is 14.8 Å². The maximum Gasteiger partial charge on any atom is 0.417 e. The van der Waals surface area contributed by atoms with Crippen LogP contribution in [0.2, 0.25) is 10.0 Å². The molecule has 2 aromatic heterocycles. The van der Waals surface area contributed by atoms with Gasteiger partial charge < -0.3 is 19.5 Å². The summed E-state index contributed by atoms with van der Waals surface area (Å²) in [6, 6.07) is 7.20. The molecular formula is C24H24Cl2F3N5O2. The SMILES string of the molecule is C[C@H](Oc1ccc(C(F)(F)F)cn1)[C@H]1CN(C(=O)NCc2cncn2C)C[C@@H]1c1ccc(Cl)c(Cl)c1. The summed E-state index contributed by atoms with van der Waals surface area (Å²) in [5.74, 6) is -0.261. The number of rotatable bonds is 6. The second-order valence-electron chi connectivity index (χ2n) is 8.71. The maximum absolute atomic E-state index is 13.0. The van der Waals surface area contributed by atoms with Crippen LogP contribution in [0.3, 0.4) is 0 Å². The van der Waals surface area contributed by atoms with Gasteiger partial charge in [0, 0.05) is 50.4 Å². The third-order valence-electron chi connectivity index (χ3n) is 6.33. The summed E-state index contributed by atoms with van der Waals surface area (Å²) in [4.78, 5) is 22.5. The van der Waals surface area contributed by atoms with Gasteiger partial charge in [-0.3, -0.25) is 0 Å². The number of nitrogens with zero attached hydrogens (tertiary/aromatic N) is 4. The molecule has 0 spiro atoms. The van der Waals surface area contributed by atoms with Gasteiger partial charge in [-0.15, -0.1) is 0 Å². The third-order valence-corrected chi connectivity index (χ3v) is 7.07. The Morgan fingerprint density at radius 2 is 1.97 bits per heavy atom. The highest BCUT2D eigenvalue weighted by atomic mass is 35.5. The molecule has 1 aliphatic heterocycles. The number of aryl methyl sites for hydroxylation is 1.